The molecule has 0 fully saturated rings. The topological polar surface area (TPSA) is 95.5 Å². The standard InChI is InChI=1S/C10H12N2O4/c1-2-16-8-5-3-4-7(6-9(11)13)10(8)12(14)15/h3-5H,2,6H2,1H3,(H2,11,13). The van der Waals surface area contributed by atoms with Gasteiger partial charge in [-0.15, -0.1) is 0 Å². The lowest BCUT2D eigenvalue weighted by Crippen LogP contribution is -2.15. The first kappa shape index (κ1) is 12.0. The molecule has 0 atom stereocenters. The fourth-order valence-corrected chi connectivity index (χ4v) is 1.38. The average molecular weight is 224 g/mol. The summed E-state index contributed by atoms with van der Waals surface area (Å²) in [5.74, 6) is -0.456. The van der Waals surface area contributed by atoms with Gasteiger partial charge in [-0.3, -0.25) is 14.9 Å². The highest BCUT2D eigenvalue weighted by molar-refractivity contribution is 5.78. The summed E-state index contributed by atoms with van der Waals surface area (Å²) >= 11 is 0. The van der Waals surface area contributed by atoms with Gasteiger partial charge >= 0.3 is 5.69 Å². The predicted molar refractivity (Wildman–Crippen MR) is 57.2 cm³/mol. The number of nitro benzene ring substituents is 1. The molecule has 0 saturated heterocycles. The van der Waals surface area contributed by atoms with Gasteiger partial charge in [0.15, 0.2) is 5.75 Å². The number of ether oxygens (including phenoxy) is 1. The van der Waals surface area contributed by atoms with Crippen molar-refractivity contribution in [2.75, 3.05) is 6.61 Å². The number of amides is 1. The molecule has 2 N–H and O–H groups in total. The van der Waals surface area contributed by atoms with E-state index < -0.39 is 10.8 Å². The molecule has 0 aliphatic carbocycles. The van der Waals surface area contributed by atoms with Crippen LogP contribution in [0.1, 0.15) is 12.5 Å². The number of carbonyl (C=O) groups is 1. The summed E-state index contributed by atoms with van der Waals surface area (Å²) in [7, 11) is 0. The van der Waals surface area contributed by atoms with E-state index in [0.29, 0.717) is 6.61 Å². The van der Waals surface area contributed by atoms with E-state index in [-0.39, 0.29) is 23.4 Å². The summed E-state index contributed by atoms with van der Waals surface area (Å²) in [6.45, 7) is 2.05. The highest BCUT2D eigenvalue weighted by atomic mass is 16.6. The first-order valence-electron chi connectivity index (χ1n) is 4.73. The van der Waals surface area contributed by atoms with Gasteiger partial charge in [-0.05, 0) is 13.0 Å². The molecule has 1 rings (SSSR count). The lowest BCUT2D eigenvalue weighted by atomic mass is 10.1. The molecule has 0 radical (unpaired) electrons. The van der Waals surface area contributed by atoms with Gasteiger partial charge in [0, 0.05) is 5.56 Å². The second-order valence-electron chi connectivity index (χ2n) is 3.10. The van der Waals surface area contributed by atoms with Crippen molar-refractivity contribution in [2.24, 2.45) is 5.73 Å². The normalized spacial score (nSPS) is 9.81. The number of para-hydroxylation sites is 1. The fraction of sp³-hybridized carbons (Fsp3) is 0.300. The molecule has 16 heavy (non-hydrogen) atoms. The number of primary amides is 1. The summed E-state index contributed by atoms with van der Waals surface area (Å²) in [5, 5.41) is 10.9. The summed E-state index contributed by atoms with van der Waals surface area (Å²) in [5.41, 5.74) is 5.09. The molecule has 0 saturated carbocycles. The van der Waals surface area contributed by atoms with E-state index in [4.69, 9.17) is 10.5 Å². The number of carbonyl (C=O) groups excluding carboxylic acids is 1. The van der Waals surface area contributed by atoms with Crippen LogP contribution in [0.2, 0.25) is 0 Å². The summed E-state index contributed by atoms with van der Waals surface area (Å²) in [4.78, 5) is 21.1. The fourth-order valence-electron chi connectivity index (χ4n) is 1.38. The van der Waals surface area contributed by atoms with Gasteiger partial charge in [-0.1, -0.05) is 12.1 Å². The Labute approximate surface area is 92.2 Å². The smallest absolute Gasteiger partial charge is 0.314 e. The minimum Gasteiger partial charge on any atom is -0.487 e. The van der Waals surface area contributed by atoms with Crippen LogP contribution < -0.4 is 10.5 Å². The zero-order valence-corrected chi connectivity index (χ0v) is 8.80. The van der Waals surface area contributed by atoms with Crippen LogP contribution in [0.4, 0.5) is 5.69 Å². The third kappa shape index (κ3) is 2.69. The molecular weight excluding hydrogens is 212 g/mol. The number of rotatable bonds is 5. The van der Waals surface area contributed by atoms with Gasteiger partial charge in [0.05, 0.1) is 18.0 Å². The minimum atomic E-state index is -0.614. The Balaban J connectivity index is 3.21. The van der Waals surface area contributed by atoms with E-state index in [1.54, 1.807) is 13.0 Å². The maximum Gasteiger partial charge on any atom is 0.314 e. The molecule has 1 aromatic carbocycles. The van der Waals surface area contributed by atoms with Crippen molar-refractivity contribution in [3.8, 4) is 5.75 Å². The van der Waals surface area contributed by atoms with Gasteiger partial charge in [0.25, 0.3) is 0 Å². The van der Waals surface area contributed by atoms with Gasteiger partial charge in [0.2, 0.25) is 5.91 Å². The second kappa shape index (κ2) is 5.11. The van der Waals surface area contributed by atoms with Crippen LogP contribution >= 0.6 is 0 Å². The Bertz CT molecular complexity index is 417. The van der Waals surface area contributed by atoms with Crippen molar-refractivity contribution in [1.82, 2.24) is 0 Å². The molecule has 6 nitrogen and oxygen atoms in total. The van der Waals surface area contributed by atoms with Crippen LogP contribution in [0.3, 0.4) is 0 Å². The molecule has 0 aliphatic rings. The first-order valence-corrected chi connectivity index (χ1v) is 4.73. The molecule has 0 aliphatic heterocycles. The number of hydrogen-bond donors (Lipinski definition) is 1. The van der Waals surface area contributed by atoms with E-state index in [0.717, 1.165) is 0 Å². The Hall–Kier alpha value is -2.11. The first-order chi connectivity index (χ1) is 7.56. The molecule has 0 bridgehead atoms. The molecule has 0 unspecified atom stereocenters. The largest absolute Gasteiger partial charge is 0.487 e. The molecule has 1 aromatic rings. The van der Waals surface area contributed by atoms with Crippen molar-refractivity contribution in [3.63, 3.8) is 0 Å². The van der Waals surface area contributed by atoms with Crippen molar-refractivity contribution in [1.29, 1.82) is 0 Å². The summed E-state index contributed by atoms with van der Waals surface area (Å²) in [6, 6.07) is 4.58. The predicted octanol–water partition coefficient (Wildman–Crippen LogP) is 1.02. The maximum atomic E-state index is 10.9. The van der Waals surface area contributed by atoms with Crippen LogP contribution in [0.15, 0.2) is 18.2 Å². The lowest BCUT2D eigenvalue weighted by molar-refractivity contribution is -0.386. The van der Waals surface area contributed by atoms with Crippen LogP contribution in [0.5, 0.6) is 5.75 Å². The third-order valence-corrected chi connectivity index (χ3v) is 1.93. The van der Waals surface area contributed by atoms with Gasteiger partial charge in [-0.25, -0.2) is 0 Å². The van der Waals surface area contributed by atoms with E-state index >= 15 is 0 Å². The molecule has 6 heteroatoms. The molecule has 1 amide bonds. The van der Waals surface area contributed by atoms with Crippen molar-refractivity contribution in [2.45, 2.75) is 13.3 Å². The number of nitrogens with two attached hydrogens (primary N) is 1. The van der Waals surface area contributed by atoms with E-state index in [2.05, 4.69) is 0 Å². The van der Waals surface area contributed by atoms with Gasteiger partial charge in [0.1, 0.15) is 0 Å². The zero-order valence-electron chi connectivity index (χ0n) is 8.80. The molecule has 0 spiro atoms. The molecular formula is C10H12N2O4. The Morgan fingerprint density at radius 2 is 2.25 bits per heavy atom. The highest BCUT2D eigenvalue weighted by Gasteiger charge is 2.21. The second-order valence-corrected chi connectivity index (χ2v) is 3.10. The maximum absolute atomic E-state index is 10.9. The monoisotopic (exact) mass is 224 g/mol. The van der Waals surface area contributed by atoms with E-state index in [1.807, 2.05) is 0 Å². The lowest BCUT2D eigenvalue weighted by Gasteiger charge is -2.06. The van der Waals surface area contributed by atoms with Gasteiger partial charge in [-0.2, -0.15) is 0 Å². The average Bonchev–Trinajstić information content (AvgIpc) is 2.16. The Morgan fingerprint density at radius 1 is 1.56 bits per heavy atom. The quantitative estimate of drug-likeness (QED) is 0.596. The molecule has 86 valence electrons. The van der Waals surface area contributed by atoms with Crippen molar-refractivity contribution < 1.29 is 14.5 Å². The third-order valence-electron chi connectivity index (χ3n) is 1.93. The van der Waals surface area contributed by atoms with E-state index in [9.17, 15) is 14.9 Å². The zero-order chi connectivity index (χ0) is 12.1. The molecule has 0 aromatic heterocycles. The number of hydrogen-bond acceptors (Lipinski definition) is 4. The summed E-state index contributed by atoms with van der Waals surface area (Å²) in [6.07, 6.45) is -0.169. The van der Waals surface area contributed by atoms with Crippen LogP contribution in [0, 0.1) is 10.1 Å². The van der Waals surface area contributed by atoms with Crippen LogP contribution in [0.25, 0.3) is 0 Å². The van der Waals surface area contributed by atoms with Crippen LogP contribution in [-0.4, -0.2) is 17.4 Å². The van der Waals surface area contributed by atoms with Crippen molar-refractivity contribution >= 4 is 11.6 Å². The SMILES string of the molecule is CCOc1cccc(CC(N)=O)c1[N+](=O)[O-]. The Kier molecular flexibility index (Phi) is 3.82. The van der Waals surface area contributed by atoms with Crippen LogP contribution in [-0.2, 0) is 11.2 Å². The van der Waals surface area contributed by atoms with Crippen molar-refractivity contribution in [3.05, 3.63) is 33.9 Å². The molecule has 0 heterocycles. The summed E-state index contributed by atoms with van der Waals surface area (Å²) < 4.78 is 5.13. The van der Waals surface area contributed by atoms with E-state index in [1.165, 1.54) is 12.1 Å². The number of nitrogens with zero attached hydrogens (tertiary/aromatic N) is 1. The Morgan fingerprint density at radius 3 is 2.75 bits per heavy atom. The number of benzene rings is 1. The highest BCUT2D eigenvalue weighted by Crippen LogP contribution is 2.30. The minimum absolute atomic E-state index is 0.159. The number of nitro groups is 1. The van der Waals surface area contributed by atoms with Gasteiger partial charge < -0.3 is 10.5 Å².